The molecule has 0 spiro atoms. The summed E-state index contributed by atoms with van der Waals surface area (Å²) in [5, 5.41) is 0. The molecular weight excluding hydrogens is 229 g/mol. The Morgan fingerprint density at radius 3 is 2.94 bits per heavy atom. The quantitative estimate of drug-likeness (QED) is 0.881. The lowest BCUT2D eigenvalue weighted by atomic mass is 10.1. The number of hydrogen-bond acceptors (Lipinski definition) is 2. The van der Waals surface area contributed by atoms with Crippen LogP contribution in [0.3, 0.4) is 0 Å². The van der Waals surface area contributed by atoms with Crippen LogP contribution in [0.25, 0.3) is 0 Å². The van der Waals surface area contributed by atoms with Crippen LogP contribution in [0, 0.1) is 5.82 Å². The van der Waals surface area contributed by atoms with Gasteiger partial charge in [-0.05, 0) is 36.1 Å². The van der Waals surface area contributed by atoms with Crippen LogP contribution in [0.2, 0.25) is 0 Å². The molecule has 0 fully saturated rings. The number of nitrogens with zero attached hydrogens (tertiary/aromatic N) is 2. The van der Waals surface area contributed by atoms with E-state index >= 15 is 0 Å². The summed E-state index contributed by atoms with van der Waals surface area (Å²) in [5.41, 5.74) is 7.99. The molecule has 1 atom stereocenters. The third-order valence-corrected chi connectivity index (χ3v) is 2.96. The predicted molar refractivity (Wildman–Crippen MR) is 69.7 cm³/mol. The minimum atomic E-state index is -0.298. The average Bonchev–Trinajstić information content (AvgIpc) is 2.76. The Labute approximate surface area is 106 Å². The normalized spacial score (nSPS) is 12.6. The molecule has 0 saturated carbocycles. The fourth-order valence-corrected chi connectivity index (χ4v) is 1.91. The molecule has 2 N–H and O–H groups in total. The Hall–Kier alpha value is -1.68. The minimum Gasteiger partial charge on any atom is -0.350 e. The molecule has 0 amide bonds. The summed E-state index contributed by atoms with van der Waals surface area (Å²) >= 11 is 0. The summed E-state index contributed by atoms with van der Waals surface area (Å²) in [6.07, 6.45) is 8.79. The van der Waals surface area contributed by atoms with Crippen molar-refractivity contribution in [3.63, 3.8) is 0 Å². The van der Waals surface area contributed by atoms with E-state index in [0.29, 0.717) is 6.54 Å². The molecule has 96 valence electrons. The smallest absolute Gasteiger partial charge is 0.141 e. The van der Waals surface area contributed by atoms with Crippen molar-refractivity contribution in [1.29, 1.82) is 0 Å². The monoisotopic (exact) mass is 247 g/mol. The molecule has 0 radical (unpaired) electrons. The van der Waals surface area contributed by atoms with E-state index < -0.39 is 0 Å². The first-order valence-electron chi connectivity index (χ1n) is 6.17. The molecule has 0 aliphatic carbocycles. The van der Waals surface area contributed by atoms with Crippen molar-refractivity contribution in [2.24, 2.45) is 5.73 Å². The largest absolute Gasteiger partial charge is 0.350 e. The molecule has 0 bridgehead atoms. The molecule has 2 aromatic rings. The van der Waals surface area contributed by atoms with E-state index in [1.54, 1.807) is 6.20 Å². The molecule has 1 unspecified atom stereocenters. The van der Waals surface area contributed by atoms with Crippen LogP contribution in [0.4, 0.5) is 4.39 Å². The summed E-state index contributed by atoms with van der Waals surface area (Å²) in [4.78, 5) is 3.84. The maximum atomic E-state index is 13.0. The summed E-state index contributed by atoms with van der Waals surface area (Å²) in [7, 11) is 0. The number of halogens is 1. The summed E-state index contributed by atoms with van der Waals surface area (Å²) < 4.78 is 15.0. The van der Waals surface area contributed by atoms with E-state index in [2.05, 4.69) is 24.2 Å². The number of pyridine rings is 1. The topological polar surface area (TPSA) is 43.8 Å². The fraction of sp³-hybridized carbons (Fsp3) is 0.357. The maximum Gasteiger partial charge on any atom is 0.141 e. The van der Waals surface area contributed by atoms with E-state index in [0.717, 1.165) is 18.4 Å². The van der Waals surface area contributed by atoms with Gasteiger partial charge in [0.2, 0.25) is 0 Å². The lowest BCUT2D eigenvalue weighted by Crippen LogP contribution is -2.21. The Bertz CT molecular complexity index is 507. The van der Waals surface area contributed by atoms with Crippen molar-refractivity contribution in [3.8, 4) is 0 Å². The summed E-state index contributed by atoms with van der Waals surface area (Å²) in [6, 6.07) is 3.77. The van der Waals surface area contributed by atoms with Gasteiger partial charge in [-0.1, -0.05) is 6.92 Å². The first-order valence-corrected chi connectivity index (χ1v) is 6.17. The highest BCUT2D eigenvalue weighted by atomic mass is 19.1. The number of rotatable bonds is 5. The van der Waals surface area contributed by atoms with E-state index in [-0.39, 0.29) is 11.9 Å². The Balaban J connectivity index is 2.02. The first kappa shape index (κ1) is 12.8. The molecule has 0 aliphatic rings. The van der Waals surface area contributed by atoms with Gasteiger partial charge in [0.05, 0.1) is 6.20 Å². The van der Waals surface area contributed by atoms with Crippen molar-refractivity contribution in [2.45, 2.75) is 32.4 Å². The lowest BCUT2D eigenvalue weighted by molar-refractivity contribution is 0.616. The predicted octanol–water partition coefficient (Wildman–Crippen LogP) is 2.35. The summed E-state index contributed by atoms with van der Waals surface area (Å²) in [6.45, 7) is 2.71. The molecule has 2 heterocycles. The van der Waals surface area contributed by atoms with Gasteiger partial charge in [-0.2, -0.15) is 0 Å². The number of aromatic nitrogens is 2. The van der Waals surface area contributed by atoms with E-state index in [1.807, 2.05) is 10.8 Å². The van der Waals surface area contributed by atoms with Crippen LogP contribution in [0.15, 0.2) is 36.9 Å². The fourth-order valence-electron chi connectivity index (χ4n) is 1.91. The molecule has 0 aliphatic heterocycles. The number of nitrogens with two attached hydrogens (primary N) is 1. The van der Waals surface area contributed by atoms with Gasteiger partial charge in [0, 0.05) is 31.2 Å². The molecule has 0 aromatic carbocycles. The van der Waals surface area contributed by atoms with Gasteiger partial charge in [0.25, 0.3) is 0 Å². The molecule has 4 heteroatoms. The van der Waals surface area contributed by atoms with Crippen LogP contribution in [0.1, 0.15) is 24.5 Å². The van der Waals surface area contributed by atoms with Crippen LogP contribution >= 0.6 is 0 Å². The highest BCUT2D eigenvalue weighted by Gasteiger charge is 2.04. The molecule has 2 aromatic heterocycles. The second kappa shape index (κ2) is 5.78. The molecule has 18 heavy (non-hydrogen) atoms. The average molecular weight is 247 g/mol. The highest BCUT2D eigenvalue weighted by molar-refractivity contribution is 5.16. The second-order valence-corrected chi connectivity index (χ2v) is 4.58. The molecule has 0 saturated heterocycles. The highest BCUT2D eigenvalue weighted by Crippen LogP contribution is 2.09. The van der Waals surface area contributed by atoms with E-state index in [9.17, 15) is 4.39 Å². The van der Waals surface area contributed by atoms with Crippen molar-refractivity contribution < 1.29 is 4.39 Å². The minimum absolute atomic E-state index is 0.205. The zero-order valence-corrected chi connectivity index (χ0v) is 10.5. The van der Waals surface area contributed by atoms with Crippen molar-refractivity contribution in [1.82, 2.24) is 9.55 Å². The SMILES string of the molecule is CCC(N)Cc1ccn(Cc2cncc(F)c2)c1. The number of hydrogen-bond donors (Lipinski definition) is 1. The van der Waals surface area contributed by atoms with Crippen LogP contribution in [-0.4, -0.2) is 15.6 Å². The Kier molecular flexibility index (Phi) is 4.10. The third kappa shape index (κ3) is 3.40. The van der Waals surface area contributed by atoms with E-state index in [4.69, 9.17) is 5.73 Å². The lowest BCUT2D eigenvalue weighted by Gasteiger charge is -2.06. The van der Waals surface area contributed by atoms with Gasteiger partial charge < -0.3 is 10.3 Å². The molecule has 2 rings (SSSR count). The van der Waals surface area contributed by atoms with Crippen molar-refractivity contribution >= 4 is 0 Å². The van der Waals surface area contributed by atoms with Crippen LogP contribution < -0.4 is 5.73 Å². The van der Waals surface area contributed by atoms with Crippen molar-refractivity contribution in [2.75, 3.05) is 0 Å². The zero-order valence-electron chi connectivity index (χ0n) is 10.5. The van der Waals surface area contributed by atoms with Gasteiger partial charge >= 0.3 is 0 Å². The second-order valence-electron chi connectivity index (χ2n) is 4.58. The zero-order chi connectivity index (χ0) is 13.0. The third-order valence-electron chi connectivity index (χ3n) is 2.96. The van der Waals surface area contributed by atoms with Crippen molar-refractivity contribution in [3.05, 3.63) is 53.9 Å². The molecule has 3 nitrogen and oxygen atoms in total. The van der Waals surface area contributed by atoms with E-state index in [1.165, 1.54) is 17.8 Å². The van der Waals surface area contributed by atoms with Crippen LogP contribution in [0.5, 0.6) is 0 Å². The van der Waals surface area contributed by atoms with Gasteiger partial charge in [0.15, 0.2) is 0 Å². The summed E-state index contributed by atoms with van der Waals surface area (Å²) in [5.74, 6) is -0.298. The molecular formula is C14H18FN3. The van der Waals surface area contributed by atoms with Crippen LogP contribution in [-0.2, 0) is 13.0 Å². The Morgan fingerprint density at radius 1 is 1.39 bits per heavy atom. The van der Waals surface area contributed by atoms with Gasteiger partial charge in [-0.15, -0.1) is 0 Å². The van der Waals surface area contributed by atoms with Gasteiger partial charge in [-0.3, -0.25) is 4.98 Å². The van der Waals surface area contributed by atoms with Gasteiger partial charge in [-0.25, -0.2) is 4.39 Å². The Morgan fingerprint density at radius 2 is 2.22 bits per heavy atom. The standard InChI is InChI=1S/C14H18FN3/c1-2-14(16)6-11-3-4-18(9-11)10-12-5-13(15)8-17-7-12/h3-5,7-9,14H,2,6,10,16H2,1H3. The van der Waals surface area contributed by atoms with Gasteiger partial charge in [0.1, 0.15) is 5.82 Å². The maximum absolute atomic E-state index is 13.0. The first-order chi connectivity index (χ1) is 8.67.